The lowest BCUT2D eigenvalue weighted by Crippen LogP contribution is -2.29. The average molecular weight is 471 g/mol. The van der Waals surface area contributed by atoms with E-state index in [1.54, 1.807) is 49.4 Å². The Kier molecular flexibility index (Phi) is 7.49. The molecule has 1 saturated heterocycles. The van der Waals surface area contributed by atoms with E-state index in [9.17, 15) is 17.6 Å². The van der Waals surface area contributed by atoms with Crippen molar-refractivity contribution >= 4 is 0 Å². The van der Waals surface area contributed by atoms with E-state index in [4.69, 9.17) is 9.47 Å². The first-order valence-electron chi connectivity index (χ1n) is 11.3. The summed E-state index contributed by atoms with van der Waals surface area (Å²) in [5.74, 6) is -4.07. The van der Waals surface area contributed by atoms with Crippen molar-refractivity contribution in [1.82, 2.24) is 0 Å². The molecule has 0 bridgehead atoms. The summed E-state index contributed by atoms with van der Waals surface area (Å²) in [5, 5.41) is 0. The Morgan fingerprint density at radius 2 is 1.35 bits per heavy atom. The number of allylic oxidation sites excluding steroid dienone is 1. The van der Waals surface area contributed by atoms with Gasteiger partial charge >= 0.3 is 0 Å². The second kappa shape index (κ2) is 10.5. The van der Waals surface area contributed by atoms with Crippen LogP contribution < -0.4 is 0 Å². The summed E-state index contributed by atoms with van der Waals surface area (Å²) in [6, 6.07) is 12.4. The smallest absolute Gasteiger partial charge is 0.166 e. The fourth-order valence-corrected chi connectivity index (χ4v) is 4.15. The van der Waals surface area contributed by atoms with E-state index in [1.807, 2.05) is 0 Å². The summed E-state index contributed by atoms with van der Waals surface area (Å²) < 4.78 is 69.8. The Morgan fingerprint density at radius 3 is 1.94 bits per heavy atom. The van der Waals surface area contributed by atoms with Crippen molar-refractivity contribution in [2.75, 3.05) is 13.2 Å². The Labute approximate surface area is 196 Å². The minimum absolute atomic E-state index is 0.0861. The fraction of sp³-hybridized carbons (Fsp3) is 0.286. The van der Waals surface area contributed by atoms with Crippen LogP contribution in [0.5, 0.6) is 0 Å². The van der Waals surface area contributed by atoms with Gasteiger partial charge < -0.3 is 9.47 Å². The van der Waals surface area contributed by atoms with Gasteiger partial charge in [-0.1, -0.05) is 54.6 Å². The summed E-state index contributed by atoms with van der Waals surface area (Å²) in [7, 11) is 0. The maximum Gasteiger partial charge on any atom is 0.166 e. The number of benzene rings is 3. The zero-order valence-corrected chi connectivity index (χ0v) is 18.9. The summed E-state index contributed by atoms with van der Waals surface area (Å²) >= 11 is 0. The van der Waals surface area contributed by atoms with Gasteiger partial charge in [-0.3, -0.25) is 0 Å². The quantitative estimate of drug-likeness (QED) is 0.202. The van der Waals surface area contributed by atoms with Crippen molar-refractivity contribution in [2.24, 2.45) is 0 Å². The summed E-state index contributed by atoms with van der Waals surface area (Å²) in [4.78, 5) is 0. The van der Waals surface area contributed by atoms with Gasteiger partial charge in [0, 0.05) is 17.0 Å². The van der Waals surface area contributed by atoms with E-state index in [-0.39, 0.29) is 42.1 Å². The Hall–Kier alpha value is -2.96. The summed E-state index contributed by atoms with van der Waals surface area (Å²) in [5.41, 5.74) is 1.60. The lowest BCUT2D eigenvalue weighted by atomic mass is 9.94. The van der Waals surface area contributed by atoms with Gasteiger partial charge in [0.05, 0.1) is 13.2 Å². The molecule has 0 spiro atoms. The highest BCUT2D eigenvalue weighted by atomic mass is 19.2. The Bertz CT molecular complexity index is 1170. The van der Waals surface area contributed by atoms with E-state index < -0.39 is 23.3 Å². The van der Waals surface area contributed by atoms with Gasteiger partial charge in [0.15, 0.2) is 29.6 Å². The molecule has 3 aromatic carbocycles. The molecule has 1 fully saturated rings. The third-order valence-electron chi connectivity index (χ3n) is 6.14. The number of hydrogen-bond acceptors (Lipinski definition) is 2. The highest BCUT2D eigenvalue weighted by molar-refractivity contribution is 5.71. The molecule has 0 atom stereocenters. The number of halogens is 4. The van der Waals surface area contributed by atoms with Crippen molar-refractivity contribution < 1.29 is 27.0 Å². The molecule has 0 aromatic heterocycles. The molecular weight excluding hydrogens is 444 g/mol. The molecule has 0 unspecified atom stereocenters. The largest absolute Gasteiger partial charge is 0.352 e. The molecule has 0 amide bonds. The second-order valence-corrected chi connectivity index (χ2v) is 8.42. The maximum absolute atomic E-state index is 14.9. The van der Waals surface area contributed by atoms with Crippen LogP contribution in [0, 0.1) is 23.3 Å². The van der Waals surface area contributed by atoms with Crippen molar-refractivity contribution in [2.45, 2.75) is 38.4 Å². The van der Waals surface area contributed by atoms with E-state index in [2.05, 4.69) is 6.58 Å². The third kappa shape index (κ3) is 4.93. The van der Waals surface area contributed by atoms with Crippen molar-refractivity contribution in [3.63, 3.8) is 0 Å². The number of rotatable bonds is 7. The molecule has 4 rings (SSSR count). The van der Waals surface area contributed by atoms with Crippen molar-refractivity contribution in [1.29, 1.82) is 0 Å². The molecule has 2 nitrogen and oxygen atoms in total. The van der Waals surface area contributed by atoms with Crippen LogP contribution in [0.1, 0.15) is 36.8 Å². The van der Waals surface area contributed by atoms with Gasteiger partial charge in [0.2, 0.25) is 0 Å². The van der Waals surface area contributed by atoms with Crippen LogP contribution in [0.2, 0.25) is 0 Å². The van der Waals surface area contributed by atoms with E-state index in [0.717, 1.165) is 6.42 Å². The lowest BCUT2D eigenvalue weighted by Gasteiger charge is -2.28. The molecule has 1 aliphatic rings. The van der Waals surface area contributed by atoms with Crippen LogP contribution >= 0.6 is 0 Å². The molecule has 0 N–H and O–H groups in total. The van der Waals surface area contributed by atoms with Crippen LogP contribution in [-0.4, -0.2) is 19.5 Å². The normalized spacial score (nSPS) is 18.1. The number of unbranched alkanes of at least 4 members (excludes halogenated alkanes) is 1. The van der Waals surface area contributed by atoms with E-state index >= 15 is 0 Å². The minimum Gasteiger partial charge on any atom is -0.352 e. The summed E-state index contributed by atoms with van der Waals surface area (Å²) in [6.45, 7) is 5.88. The average Bonchev–Trinajstić information content (AvgIpc) is 2.85. The lowest BCUT2D eigenvalue weighted by molar-refractivity contribution is -0.176. The Morgan fingerprint density at radius 1 is 0.794 bits per heavy atom. The van der Waals surface area contributed by atoms with Gasteiger partial charge in [-0.05, 0) is 48.4 Å². The van der Waals surface area contributed by atoms with Crippen molar-refractivity contribution in [3.05, 3.63) is 95.6 Å². The van der Waals surface area contributed by atoms with Crippen molar-refractivity contribution in [3.8, 4) is 22.3 Å². The monoisotopic (exact) mass is 470 g/mol. The molecule has 1 heterocycles. The Balaban J connectivity index is 1.57. The van der Waals surface area contributed by atoms with Gasteiger partial charge in [-0.25, -0.2) is 17.6 Å². The highest BCUT2D eigenvalue weighted by Gasteiger charge is 2.26. The molecular formula is C28H26F4O2. The second-order valence-electron chi connectivity index (χ2n) is 8.42. The van der Waals surface area contributed by atoms with Gasteiger partial charge in [0.25, 0.3) is 0 Å². The number of ether oxygens (including phenoxy) is 2. The first-order valence-corrected chi connectivity index (χ1v) is 11.3. The molecule has 34 heavy (non-hydrogen) atoms. The first-order chi connectivity index (χ1) is 16.4. The minimum atomic E-state index is -0.968. The molecule has 0 aliphatic carbocycles. The standard InChI is InChI=1S/C28H26F4O2/c1-3-4-5-6-20-11-12-22(26(30)25(20)29)18-7-9-19(10-8-18)23-13-14-24(28(32)27(23)31)21-15-33-17(2)34-16-21/h3,7-14,17,21H,1,4-6,15-16H2,2H3. The molecule has 178 valence electrons. The highest BCUT2D eigenvalue weighted by Crippen LogP contribution is 2.33. The predicted octanol–water partition coefficient (Wildman–Crippen LogP) is 7.56. The molecule has 6 heteroatoms. The van der Waals surface area contributed by atoms with Crippen LogP contribution in [0.3, 0.4) is 0 Å². The van der Waals surface area contributed by atoms with E-state index in [1.165, 1.54) is 12.1 Å². The topological polar surface area (TPSA) is 18.5 Å². The molecule has 0 radical (unpaired) electrons. The van der Waals surface area contributed by atoms with Gasteiger partial charge in [-0.15, -0.1) is 6.58 Å². The zero-order valence-electron chi connectivity index (χ0n) is 18.9. The molecule has 0 saturated carbocycles. The zero-order chi connectivity index (χ0) is 24.2. The van der Waals surface area contributed by atoms with Crippen LogP contribution in [0.15, 0.2) is 61.2 Å². The van der Waals surface area contributed by atoms with Gasteiger partial charge in [0.1, 0.15) is 0 Å². The molecule has 1 aliphatic heterocycles. The summed E-state index contributed by atoms with van der Waals surface area (Å²) in [6.07, 6.45) is 3.21. The van der Waals surface area contributed by atoms with Gasteiger partial charge in [-0.2, -0.15) is 0 Å². The SMILES string of the molecule is C=CCCCc1ccc(-c2ccc(-c3ccc(C4COC(C)OC4)c(F)c3F)cc2)c(F)c1F. The third-order valence-corrected chi connectivity index (χ3v) is 6.14. The number of aryl methyl sites for hydroxylation is 1. The van der Waals surface area contributed by atoms with Crippen LogP contribution in [0.4, 0.5) is 17.6 Å². The molecule has 3 aromatic rings. The van der Waals surface area contributed by atoms with Crippen LogP contribution in [-0.2, 0) is 15.9 Å². The van der Waals surface area contributed by atoms with E-state index in [0.29, 0.717) is 29.5 Å². The first kappa shape index (κ1) is 24.2. The van der Waals surface area contributed by atoms with Crippen LogP contribution in [0.25, 0.3) is 22.3 Å². The maximum atomic E-state index is 14.9. The predicted molar refractivity (Wildman–Crippen MR) is 124 cm³/mol. The number of hydrogen-bond donors (Lipinski definition) is 0. The fourth-order valence-electron chi connectivity index (χ4n) is 4.15.